The van der Waals surface area contributed by atoms with Gasteiger partial charge in [-0.05, 0) is 36.9 Å². The van der Waals surface area contributed by atoms with Crippen molar-refractivity contribution in [1.82, 2.24) is 24.4 Å². The second-order valence-electron chi connectivity index (χ2n) is 8.44. The Labute approximate surface area is 198 Å². The summed E-state index contributed by atoms with van der Waals surface area (Å²) >= 11 is 0. The fraction of sp³-hybridized carbons (Fsp3) is 0.455. The van der Waals surface area contributed by atoms with Gasteiger partial charge in [-0.3, -0.25) is 0 Å². The molecule has 12 heteroatoms. The first-order chi connectivity index (χ1) is 16.2. The predicted molar refractivity (Wildman–Crippen MR) is 123 cm³/mol. The number of urea groups is 1. The minimum atomic E-state index is -4.19. The zero-order chi connectivity index (χ0) is 24.3. The molecule has 2 aliphatic rings. The van der Waals surface area contributed by atoms with Crippen molar-refractivity contribution in [1.29, 1.82) is 0 Å². The van der Waals surface area contributed by atoms with E-state index in [-0.39, 0.29) is 32.2 Å². The van der Waals surface area contributed by atoms with Crippen LogP contribution < -0.4 is 10.2 Å². The maximum atomic E-state index is 14.0. The standard InChI is InChI=1S/C22H28F2N6O3S/c1-27-6-8-28(9-7-27)21-5-2-17(15-25-21)16-26-22(31)29-10-12-30(13-11-29)34(32,33)20-14-18(23)3-4-19(20)24/h2-5,14-15H,6-13,16H2,1H3,(H,26,31). The van der Waals surface area contributed by atoms with Crippen molar-refractivity contribution in [3.8, 4) is 0 Å². The fourth-order valence-corrected chi connectivity index (χ4v) is 5.48. The summed E-state index contributed by atoms with van der Waals surface area (Å²) in [4.78, 5) is 22.4. The van der Waals surface area contributed by atoms with Gasteiger partial charge in [0.25, 0.3) is 0 Å². The lowest BCUT2D eigenvalue weighted by molar-refractivity contribution is 0.172. The number of carbonyl (C=O) groups is 1. The number of piperazine rings is 2. The molecule has 2 aromatic rings. The average molecular weight is 495 g/mol. The summed E-state index contributed by atoms with van der Waals surface area (Å²) < 4.78 is 53.9. The Morgan fingerprint density at radius 1 is 1.00 bits per heavy atom. The van der Waals surface area contributed by atoms with Gasteiger partial charge in [0.1, 0.15) is 22.3 Å². The maximum absolute atomic E-state index is 14.0. The van der Waals surface area contributed by atoms with Gasteiger partial charge in [-0.25, -0.2) is 27.0 Å². The number of aromatic nitrogens is 1. The third-order valence-electron chi connectivity index (χ3n) is 6.12. The lowest BCUT2D eigenvalue weighted by Gasteiger charge is -2.34. The molecule has 4 rings (SSSR count). The van der Waals surface area contributed by atoms with Gasteiger partial charge in [0.2, 0.25) is 10.0 Å². The van der Waals surface area contributed by atoms with Crippen LogP contribution in [0.4, 0.5) is 19.4 Å². The van der Waals surface area contributed by atoms with E-state index < -0.39 is 26.6 Å². The van der Waals surface area contributed by atoms with Crippen molar-refractivity contribution in [2.24, 2.45) is 0 Å². The number of carbonyl (C=O) groups excluding carboxylic acids is 1. The first-order valence-electron chi connectivity index (χ1n) is 11.1. The number of nitrogens with one attached hydrogen (secondary N) is 1. The van der Waals surface area contributed by atoms with E-state index in [1.165, 1.54) is 4.90 Å². The van der Waals surface area contributed by atoms with Crippen molar-refractivity contribution < 1.29 is 22.0 Å². The van der Waals surface area contributed by atoms with Crippen LogP contribution in [0.3, 0.4) is 0 Å². The van der Waals surface area contributed by atoms with Crippen LogP contribution in [0.15, 0.2) is 41.4 Å². The van der Waals surface area contributed by atoms with Crippen LogP contribution in [-0.4, -0.2) is 92.9 Å². The number of halogens is 2. The summed E-state index contributed by atoms with van der Waals surface area (Å²) in [5.74, 6) is -0.923. The number of rotatable bonds is 5. The van der Waals surface area contributed by atoms with Crippen molar-refractivity contribution in [2.45, 2.75) is 11.4 Å². The van der Waals surface area contributed by atoms with Gasteiger partial charge < -0.3 is 20.0 Å². The molecule has 3 heterocycles. The smallest absolute Gasteiger partial charge is 0.317 e. The Morgan fingerprint density at radius 3 is 2.35 bits per heavy atom. The molecule has 2 saturated heterocycles. The molecule has 2 aliphatic heterocycles. The maximum Gasteiger partial charge on any atom is 0.317 e. The van der Waals surface area contributed by atoms with Crippen molar-refractivity contribution in [2.75, 3.05) is 64.3 Å². The lowest BCUT2D eigenvalue weighted by Crippen LogP contribution is -2.53. The molecule has 2 amide bonds. The Kier molecular flexibility index (Phi) is 7.29. The zero-order valence-corrected chi connectivity index (χ0v) is 19.8. The summed E-state index contributed by atoms with van der Waals surface area (Å²) in [6.45, 7) is 4.39. The highest BCUT2D eigenvalue weighted by atomic mass is 32.2. The summed E-state index contributed by atoms with van der Waals surface area (Å²) in [7, 11) is -2.09. The molecule has 1 aromatic heterocycles. The fourth-order valence-electron chi connectivity index (χ4n) is 3.98. The number of anilines is 1. The lowest BCUT2D eigenvalue weighted by atomic mass is 10.2. The number of sulfonamides is 1. The Bertz CT molecular complexity index is 1120. The summed E-state index contributed by atoms with van der Waals surface area (Å²) in [6.07, 6.45) is 1.74. The topological polar surface area (TPSA) is 89.1 Å². The van der Waals surface area contributed by atoms with E-state index in [4.69, 9.17) is 0 Å². The number of nitrogens with zero attached hydrogens (tertiary/aromatic N) is 5. The Morgan fingerprint density at radius 2 is 1.71 bits per heavy atom. The molecule has 9 nitrogen and oxygen atoms in total. The summed E-state index contributed by atoms with van der Waals surface area (Å²) in [6, 6.07) is 5.88. The molecule has 1 aromatic carbocycles. The van der Waals surface area contributed by atoms with E-state index >= 15 is 0 Å². The Balaban J connectivity index is 1.27. The molecule has 0 atom stereocenters. The van der Waals surface area contributed by atoms with Crippen LogP contribution in [0.2, 0.25) is 0 Å². The average Bonchev–Trinajstić information content (AvgIpc) is 2.85. The molecule has 0 radical (unpaired) electrons. The quantitative estimate of drug-likeness (QED) is 0.675. The van der Waals surface area contributed by atoms with Gasteiger partial charge >= 0.3 is 6.03 Å². The summed E-state index contributed by atoms with van der Waals surface area (Å²) in [5.41, 5.74) is 0.856. The van der Waals surface area contributed by atoms with Crippen LogP contribution in [0.5, 0.6) is 0 Å². The van der Waals surface area contributed by atoms with Crippen LogP contribution in [-0.2, 0) is 16.6 Å². The third-order valence-corrected chi connectivity index (χ3v) is 8.03. The minimum Gasteiger partial charge on any atom is -0.354 e. The molecule has 2 fully saturated rings. The van der Waals surface area contributed by atoms with Gasteiger partial charge in [-0.2, -0.15) is 4.31 Å². The van der Waals surface area contributed by atoms with Crippen LogP contribution in [0, 0.1) is 11.6 Å². The number of likely N-dealkylation sites (N-methyl/N-ethyl adjacent to an activating group) is 1. The van der Waals surface area contributed by atoms with Crippen LogP contribution in [0.25, 0.3) is 0 Å². The number of benzene rings is 1. The number of hydrogen-bond acceptors (Lipinski definition) is 6. The molecule has 0 spiro atoms. The third kappa shape index (κ3) is 5.45. The molecule has 0 saturated carbocycles. The second kappa shape index (κ2) is 10.2. The van der Waals surface area contributed by atoms with Gasteiger partial charge in [0.05, 0.1) is 0 Å². The first kappa shape index (κ1) is 24.3. The number of pyridine rings is 1. The normalized spacial score (nSPS) is 18.2. The number of amides is 2. The van der Waals surface area contributed by atoms with Gasteiger partial charge in [-0.15, -0.1) is 0 Å². The monoisotopic (exact) mass is 494 g/mol. The van der Waals surface area contributed by atoms with Crippen molar-refractivity contribution >= 4 is 21.9 Å². The van der Waals surface area contributed by atoms with Gasteiger partial charge in [0.15, 0.2) is 0 Å². The Hall–Kier alpha value is -2.83. The molecule has 0 unspecified atom stereocenters. The predicted octanol–water partition coefficient (Wildman–Crippen LogP) is 1.33. The molecule has 184 valence electrons. The summed E-state index contributed by atoms with van der Waals surface area (Å²) in [5, 5.41) is 2.82. The van der Waals surface area contributed by atoms with E-state index in [9.17, 15) is 22.0 Å². The highest BCUT2D eigenvalue weighted by Crippen LogP contribution is 2.22. The van der Waals surface area contributed by atoms with Crippen molar-refractivity contribution in [3.63, 3.8) is 0 Å². The highest BCUT2D eigenvalue weighted by molar-refractivity contribution is 7.89. The second-order valence-corrected chi connectivity index (χ2v) is 10.3. The number of hydrogen-bond donors (Lipinski definition) is 1. The molecule has 0 bridgehead atoms. The van der Waals surface area contributed by atoms with Crippen molar-refractivity contribution in [3.05, 3.63) is 53.7 Å². The van der Waals surface area contributed by atoms with E-state index in [0.717, 1.165) is 54.0 Å². The molecular weight excluding hydrogens is 466 g/mol. The zero-order valence-electron chi connectivity index (χ0n) is 19.0. The van der Waals surface area contributed by atoms with E-state index in [0.29, 0.717) is 12.6 Å². The molecular formula is C22H28F2N6O3S. The van der Waals surface area contributed by atoms with E-state index in [1.54, 1.807) is 6.20 Å². The van der Waals surface area contributed by atoms with Gasteiger partial charge in [0, 0.05) is 65.1 Å². The first-order valence-corrected chi connectivity index (χ1v) is 12.5. The van der Waals surface area contributed by atoms with Crippen LogP contribution >= 0.6 is 0 Å². The largest absolute Gasteiger partial charge is 0.354 e. The molecule has 1 N–H and O–H groups in total. The van der Waals surface area contributed by atoms with Crippen LogP contribution in [0.1, 0.15) is 5.56 Å². The molecule has 34 heavy (non-hydrogen) atoms. The minimum absolute atomic E-state index is 0.00696. The van der Waals surface area contributed by atoms with Gasteiger partial charge in [-0.1, -0.05) is 6.07 Å². The molecule has 0 aliphatic carbocycles. The SMILES string of the molecule is CN1CCN(c2ccc(CNC(=O)N3CCN(S(=O)(=O)c4cc(F)ccc4F)CC3)cn2)CC1. The highest BCUT2D eigenvalue weighted by Gasteiger charge is 2.32. The van der Waals surface area contributed by atoms with E-state index in [2.05, 4.69) is 27.1 Å². The van der Waals surface area contributed by atoms with E-state index in [1.807, 2.05) is 12.1 Å².